The molecule has 1 saturated heterocycles. The summed E-state index contributed by atoms with van der Waals surface area (Å²) in [5.74, 6) is -2.71. The summed E-state index contributed by atoms with van der Waals surface area (Å²) in [7, 11) is 1.42. The number of hydrogen-bond donors (Lipinski definition) is 1. The van der Waals surface area contributed by atoms with Crippen molar-refractivity contribution in [2.45, 2.75) is 6.04 Å². The molecule has 1 amide bonds. The van der Waals surface area contributed by atoms with Gasteiger partial charge >= 0.3 is 0 Å². The molecule has 3 aromatic carbocycles. The summed E-state index contributed by atoms with van der Waals surface area (Å²) in [5, 5.41) is 22.0. The van der Waals surface area contributed by atoms with E-state index in [1.54, 1.807) is 24.3 Å². The molecule has 1 atom stereocenters. The van der Waals surface area contributed by atoms with E-state index in [4.69, 9.17) is 4.74 Å². The van der Waals surface area contributed by atoms with Gasteiger partial charge in [-0.3, -0.25) is 24.6 Å². The lowest BCUT2D eigenvalue weighted by Gasteiger charge is -2.26. The summed E-state index contributed by atoms with van der Waals surface area (Å²) >= 11 is 0. The lowest BCUT2D eigenvalue weighted by atomic mass is 9.94. The third kappa shape index (κ3) is 3.80. The molecule has 0 bridgehead atoms. The van der Waals surface area contributed by atoms with Crippen LogP contribution in [0.2, 0.25) is 0 Å². The number of halogens is 1. The van der Waals surface area contributed by atoms with Crippen LogP contribution in [0.25, 0.3) is 5.76 Å². The van der Waals surface area contributed by atoms with E-state index in [2.05, 4.69) is 0 Å². The molecule has 3 aromatic rings. The van der Waals surface area contributed by atoms with Crippen LogP contribution in [0, 0.1) is 15.9 Å². The minimum atomic E-state index is -1.13. The number of benzene rings is 3. The molecule has 0 saturated carbocycles. The van der Waals surface area contributed by atoms with Gasteiger partial charge in [-0.05, 0) is 36.4 Å². The van der Waals surface area contributed by atoms with Gasteiger partial charge in [0.25, 0.3) is 17.4 Å². The largest absolute Gasteiger partial charge is 0.507 e. The van der Waals surface area contributed by atoms with Crippen molar-refractivity contribution in [3.63, 3.8) is 0 Å². The number of carbonyl (C=O) groups excluding carboxylic acids is 2. The summed E-state index contributed by atoms with van der Waals surface area (Å²) in [5.41, 5.74) is 0.177. The maximum Gasteiger partial charge on any atom is 0.300 e. The molecule has 1 N–H and O–H groups in total. The second-order valence-corrected chi connectivity index (χ2v) is 7.19. The standard InChI is InChI=1S/C24H17FN2O6/c1-33-19-8-3-2-7-18(19)21-20(22(28)14-9-11-16(12-10-14)27(31)32)23(29)24(30)26(21)17-6-4-5-15(25)13-17/h2-13,21,28H,1H3/b22-20+. The first-order valence-corrected chi connectivity index (χ1v) is 9.77. The zero-order valence-electron chi connectivity index (χ0n) is 17.3. The van der Waals surface area contributed by atoms with Crippen LogP contribution >= 0.6 is 0 Å². The molecule has 0 aromatic heterocycles. The van der Waals surface area contributed by atoms with Gasteiger partial charge in [-0.25, -0.2) is 4.39 Å². The van der Waals surface area contributed by atoms with E-state index in [1.165, 1.54) is 49.6 Å². The maximum absolute atomic E-state index is 14.0. The Morgan fingerprint density at radius 3 is 2.39 bits per heavy atom. The predicted molar refractivity (Wildman–Crippen MR) is 117 cm³/mol. The van der Waals surface area contributed by atoms with Gasteiger partial charge in [0.2, 0.25) is 0 Å². The van der Waals surface area contributed by atoms with Crippen molar-refractivity contribution in [3.8, 4) is 5.75 Å². The molecular formula is C24H17FN2O6. The van der Waals surface area contributed by atoms with Gasteiger partial charge in [-0.1, -0.05) is 24.3 Å². The fraction of sp³-hybridized carbons (Fsp3) is 0.0833. The minimum absolute atomic E-state index is 0.109. The number of nitro benzene ring substituents is 1. The van der Waals surface area contributed by atoms with Gasteiger partial charge in [0.05, 0.1) is 23.6 Å². The second kappa shape index (κ2) is 8.54. The SMILES string of the molecule is COc1ccccc1C1/C(=C(\O)c2ccc([N+](=O)[O-])cc2)C(=O)C(=O)N1c1cccc(F)c1. The van der Waals surface area contributed by atoms with E-state index >= 15 is 0 Å². The normalized spacial score (nSPS) is 17.3. The zero-order valence-corrected chi connectivity index (χ0v) is 17.3. The van der Waals surface area contributed by atoms with Crippen LogP contribution in [0.3, 0.4) is 0 Å². The topological polar surface area (TPSA) is 110 Å². The van der Waals surface area contributed by atoms with Gasteiger partial charge in [-0.2, -0.15) is 0 Å². The first kappa shape index (κ1) is 21.7. The van der Waals surface area contributed by atoms with E-state index in [-0.39, 0.29) is 22.5 Å². The molecule has 1 aliphatic rings. The molecule has 0 radical (unpaired) electrons. The van der Waals surface area contributed by atoms with Crippen molar-refractivity contribution in [2.24, 2.45) is 0 Å². The maximum atomic E-state index is 14.0. The van der Waals surface area contributed by atoms with Crippen molar-refractivity contribution in [1.82, 2.24) is 0 Å². The molecule has 1 unspecified atom stereocenters. The Bertz CT molecular complexity index is 1300. The Labute approximate surface area is 187 Å². The molecule has 1 aliphatic heterocycles. The van der Waals surface area contributed by atoms with Crippen molar-refractivity contribution in [1.29, 1.82) is 0 Å². The Kier molecular flexibility index (Phi) is 5.61. The van der Waals surface area contributed by atoms with E-state index in [9.17, 15) is 29.2 Å². The van der Waals surface area contributed by atoms with Gasteiger partial charge in [0, 0.05) is 28.9 Å². The Morgan fingerprint density at radius 1 is 1.06 bits per heavy atom. The van der Waals surface area contributed by atoms with Gasteiger partial charge in [0.1, 0.15) is 17.3 Å². The number of ketones is 1. The van der Waals surface area contributed by atoms with Gasteiger partial charge < -0.3 is 9.84 Å². The lowest BCUT2D eigenvalue weighted by Crippen LogP contribution is -2.29. The first-order valence-electron chi connectivity index (χ1n) is 9.77. The molecule has 166 valence electrons. The number of Topliss-reactive ketones (excluding diaryl/α,β-unsaturated/α-hetero) is 1. The van der Waals surface area contributed by atoms with Crippen molar-refractivity contribution in [2.75, 3.05) is 12.0 Å². The van der Waals surface area contributed by atoms with Crippen LogP contribution in [0.4, 0.5) is 15.8 Å². The second-order valence-electron chi connectivity index (χ2n) is 7.19. The molecule has 1 heterocycles. The molecular weight excluding hydrogens is 431 g/mol. The number of carbonyl (C=O) groups is 2. The number of aliphatic hydroxyl groups is 1. The summed E-state index contributed by atoms with van der Waals surface area (Å²) in [6, 6.07) is 15.6. The van der Waals surface area contributed by atoms with Gasteiger partial charge in [0.15, 0.2) is 0 Å². The molecule has 0 aliphatic carbocycles. The monoisotopic (exact) mass is 448 g/mol. The fourth-order valence-electron chi connectivity index (χ4n) is 3.81. The highest BCUT2D eigenvalue weighted by Gasteiger charge is 2.48. The van der Waals surface area contributed by atoms with E-state index < -0.39 is 34.2 Å². The summed E-state index contributed by atoms with van der Waals surface area (Å²) in [6.45, 7) is 0. The van der Waals surface area contributed by atoms with Crippen LogP contribution in [-0.4, -0.2) is 28.8 Å². The molecule has 4 rings (SSSR count). The lowest BCUT2D eigenvalue weighted by molar-refractivity contribution is -0.384. The Hall–Kier alpha value is -4.53. The molecule has 9 heteroatoms. The first-order chi connectivity index (χ1) is 15.8. The molecule has 33 heavy (non-hydrogen) atoms. The molecule has 1 fully saturated rings. The van der Waals surface area contributed by atoms with Crippen LogP contribution in [0.1, 0.15) is 17.2 Å². The highest BCUT2D eigenvalue weighted by molar-refractivity contribution is 6.51. The van der Waals surface area contributed by atoms with Crippen molar-refractivity contribution < 1.29 is 28.7 Å². The Balaban J connectivity index is 1.96. The number of nitrogens with zero attached hydrogens (tertiary/aromatic N) is 2. The van der Waals surface area contributed by atoms with E-state index in [0.29, 0.717) is 11.3 Å². The zero-order chi connectivity index (χ0) is 23.7. The highest BCUT2D eigenvalue weighted by atomic mass is 19.1. The summed E-state index contributed by atoms with van der Waals surface area (Å²) in [6.07, 6.45) is 0. The number of aliphatic hydroxyl groups excluding tert-OH is 1. The summed E-state index contributed by atoms with van der Waals surface area (Å²) in [4.78, 5) is 37.6. The number of para-hydroxylation sites is 1. The third-order valence-electron chi connectivity index (χ3n) is 5.32. The third-order valence-corrected chi connectivity index (χ3v) is 5.32. The van der Waals surface area contributed by atoms with Crippen molar-refractivity contribution in [3.05, 3.63) is 105 Å². The Morgan fingerprint density at radius 2 is 1.76 bits per heavy atom. The number of rotatable bonds is 5. The number of non-ortho nitro benzene ring substituents is 1. The number of hydrogen-bond acceptors (Lipinski definition) is 6. The average Bonchev–Trinajstić information content (AvgIpc) is 3.09. The number of amides is 1. The van der Waals surface area contributed by atoms with E-state index in [0.717, 1.165) is 11.0 Å². The van der Waals surface area contributed by atoms with E-state index in [1.807, 2.05) is 0 Å². The fourth-order valence-corrected chi connectivity index (χ4v) is 3.81. The van der Waals surface area contributed by atoms with Crippen LogP contribution in [-0.2, 0) is 9.59 Å². The molecule has 0 spiro atoms. The van der Waals surface area contributed by atoms with Crippen LogP contribution in [0.5, 0.6) is 5.75 Å². The van der Waals surface area contributed by atoms with Crippen molar-refractivity contribution >= 4 is 28.8 Å². The number of ether oxygens (including phenoxy) is 1. The summed E-state index contributed by atoms with van der Waals surface area (Å²) < 4.78 is 19.4. The number of nitro groups is 1. The predicted octanol–water partition coefficient (Wildman–Crippen LogP) is 4.37. The average molecular weight is 448 g/mol. The van der Waals surface area contributed by atoms with Crippen LogP contribution in [0.15, 0.2) is 78.4 Å². The smallest absolute Gasteiger partial charge is 0.300 e. The minimum Gasteiger partial charge on any atom is -0.507 e. The highest BCUT2D eigenvalue weighted by Crippen LogP contribution is 2.44. The molecule has 8 nitrogen and oxygen atoms in total. The number of anilines is 1. The van der Waals surface area contributed by atoms with Gasteiger partial charge in [-0.15, -0.1) is 0 Å². The van der Waals surface area contributed by atoms with Crippen LogP contribution < -0.4 is 9.64 Å². The number of methoxy groups -OCH3 is 1. The quantitative estimate of drug-likeness (QED) is 0.204.